The monoisotopic (exact) mass is 409 g/mol. The molecule has 1 amide bonds. The zero-order valence-electron chi connectivity index (χ0n) is 17.3. The zero-order chi connectivity index (χ0) is 22.4. The number of H-pyrrole nitrogens is 1. The topological polar surface area (TPSA) is 129 Å². The molecule has 8 heteroatoms. The number of aryl methyl sites for hydroxylation is 1. The van der Waals surface area contributed by atoms with E-state index in [0.717, 1.165) is 0 Å². The smallest absolute Gasteiger partial charge is 0.306 e. The normalized spacial score (nSPS) is 11.3. The van der Waals surface area contributed by atoms with Crippen LogP contribution < -0.4 is 10.9 Å². The van der Waals surface area contributed by atoms with Crippen molar-refractivity contribution in [3.05, 3.63) is 62.6 Å². The van der Waals surface area contributed by atoms with E-state index in [9.17, 15) is 19.2 Å². The molecule has 0 aliphatic rings. The zero-order valence-corrected chi connectivity index (χ0v) is 17.3. The van der Waals surface area contributed by atoms with Gasteiger partial charge in [0.1, 0.15) is 11.6 Å². The Morgan fingerprint density at radius 1 is 1.23 bits per heavy atom. The first-order valence-corrected chi connectivity index (χ1v) is 9.38. The highest BCUT2D eigenvalue weighted by Crippen LogP contribution is 2.17. The number of carbonyl (C=O) groups is 3. The van der Waals surface area contributed by atoms with Crippen molar-refractivity contribution in [1.29, 1.82) is 5.26 Å². The van der Waals surface area contributed by atoms with Gasteiger partial charge in [0.05, 0.1) is 5.69 Å². The second kappa shape index (κ2) is 9.65. The van der Waals surface area contributed by atoms with Crippen LogP contribution in [0.4, 0.5) is 5.69 Å². The van der Waals surface area contributed by atoms with Crippen molar-refractivity contribution in [1.82, 2.24) is 4.98 Å². The van der Waals surface area contributed by atoms with Crippen LogP contribution in [0.3, 0.4) is 0 Å². The number of pyridine rings is 1. The number of hydrogen-bond donors (Lipinski definition) is 2. The van der Waals surface area contributed by atoms with E-state index >= 15 is 0 Å². The van der Waals surface area contributed by atoms with Gasteiger partial charge in [-0.1, -0.05) is 12.1 Å². The predicted molar refractivity (Wildman–Crippen MR) is 110 cm³/mol. The molecule has 0 bridgehead atoms. The number of Topliss-reactive ketones (excluding diaryl/α,β-unsaturated/α-hetero) is 1. The van der Waals surface area contributed by atoms with E-state index in [2.05, 4.69) is 10.3 Å². The van der Waals surface area contributed by atoms with Crippen LogP contribution in [0.5, 0.6) is 0 Å². The number of ketones is 1. The van der Waals surface area contributed by atoms with Crippen LogP contribution in [-0.4, -0.2) is 28.7 Å². The number of rotatable bonds is 7. The van der Waals surface area contributed by atoms with Crippen LogP contribution in [-0.2, 0) is 20.7 Å². The Hall–Kier alpha value is -3.73. The van der Waals surface area contributed by atoms with Gasteiger partial charge in [-0.3, -0.25) is 19.2 Å². The average Bonchev–Trinajstić information content (AvgIpc) is 2.68. The summed E-state index contributed by atoms with van der Waals surface area (Å²) >= 11 is 0. The molecule has 0 spiro atoms. The minimum atomic E-state index is -1.06. The Bertz CT molecular complexity index is 1090. The number of nitriles is 1. The predicted octanol–water partition coefficient (Wildman–Crippen LogP) is 2.57. The SMILES string of the molecule is CC(=O)c1ccccc1NC(=O)[C@@H](C)OC(=O)CCc1c(C)[nH]c(=O)c(C#N)c1C. The average molecular weight is 409 g/mol. The molecule has 0 radical (unpaired) electrons. The Balaban J connectivity index is 2.01. The number of nitrogens with zero attached hydrogens (tertiary/aromatic N) is 1. The summed E-state index contributed by atoms with van der Waals surface area (Å²) in [5, 5.41) is 11.7. The molecule has 0 saturated heterocycles. The molecule has 0 aliphatic heterocycles. The highest BCUT2D eigenvalue weighted by Gasteiger charge is 2.20. The highest BCUT2D eigenvalue weighted by molar-refractivity contribution is 6.04. The van der Waals surface area contributed by atoms with Crippen molar-refractivity contribution in [2.24, 2.45) is 0 Å². The lowest BCUT2D eigenvalue weighted by Gasteiger charge is -2.15. The molecule has 1 heterocycles. The van der Waals surface area contributed by atoms with Gasteiger partial charge < -0.3 is 15.0 Å². The molecule has 0 saturated carbocycles. The number of carbonyl (C=O) groups excluding carboxylic acids is 3. The number of amides is 1. The number of anilines is 1. The van der Waals surface area contributed by atoms with Crippen LogP contribution in [0.2, 0.25) is 0 Å². The summed E-state index contributed by atoms with van der Waals surface area (Å²) in [7, 11) is 0. The summed E-state index contributed by atoms with van der Waals surface area (Å²) in [6, 6.07) is 8.43. The summed E-state index contributed by atoms with van der Waals surface area (Å²) in [6.45, 7) is 6.18. The number of benzene rings is 1. The number of esters is 1. The van der Waals surface area contributed by atoms with E-state index in [1.807, 2.05) is 6.07 Å². The molecular weight excluding hydrogens is 386 g/mol. The first-order valence-electron chi connectivity index (χ1n) is 9.38. The van der Waals surface area contributed by atoms with E-state index in [4.69, 9.17) is 10.00 Å². The molecule has 1 atom stereocenters. The largest absolute Gasteiger partial charge is 0.453 e. The van der Waals surface area contributed by atoms with Crippen LogP contribution in [0, 0.1) is 25.2 Å². The summed E-state index contributed by atoms with van der Waals surface area (Å²) < 4.78 is 5.19. The van der Waals surface area contributed by atoms with Gasteiger partial charge in [-0.25, -0.2) is 0 Å². The van der Waals surface area contributed by atoms with Crippen molar-refractivity contribution in [3.8, 4) is 6.07 Å². The Morgan fingerprint density at radius 2 is 1.90 bits per heavy atom. The fourth-order valence-electron chi connectivity index (χ4n) is 3.09. The highest BCUT2D eigenvalue weighted by atomic mass is 16.5. The molecule has 0 aliphatic carbocycles. The van der Waals surface area contributed by atoms with E-state index in [1.165, 1.54) is 13.8 Å². The third-order valence-corrected chi connectivity index (χ3v) is 4.74. The van der Waals surface area contributed by atoms with Gasteiger partial charge in [0.2, 0.25) is 0 Å². The van der Waals surface area contributed by atoms with Gasteiger partial charge in [0.25, 0.3) is 11.5 Å². The molecule has 0 fully saturated rings. The molecule has 2 aromatic rings. The summed E-state index contributed by atoms with van der Waals surface area (Å²) in [6.07, 6.45) is -0.839. The minimum Gasteiger partial charge on any atom is -0.453 e. The van der Waals surface area contributed by atoms with Crippen LogP contribution >= 0.6 is 0 Å². The number of hydrogen-bond acceptors (Lipinski definition) is 6. The Labute approximate surface area is 173 Å². The quantitative estimate of drug-likeness (QED) is 0.534. The van der Waals surface area contributed by atoms with Crippen molar-refractivity contribution >= 4 is 23.3 Å². The number of para-hydroxylation sites is 1. The third kappa shape index (κ3) is 5.20. The standard InChI is InChI=1S/C22H23N3O5/c1-12-16(13(2)24-22(29)18(12)11-23)9-10-20(27)30-15(4)21(28)25-19-8-6-5-7-17(19)14(3)26/h5-8,15H,9-10H2,1-4H3,(H,24,29)(H,25,28)/t15-/m1/s1. The van der Waals surface area contributed by atoms with Crippen LogP contribution in [0.1, 0.15) is 53.0 Å². The van der Waals surface area contributed by atoms with E-state index in [0.29, 0.717) is 28.1 Å². The maximum atomic E-state index is 12.4. The third-order valence-electron chi connectivity index (χ3n) is 4.74. The molecule has 2 N–H and O–H groups in total. The van der Waals surface area contributed by atoms with Gasteiger partial charge in [-0.15, -0.1) is 0 Å². The fraction of sp³-hybridized carbons (Fsp3) is 0.318. The van der Waals surface area contributed by atoms with Gasteiger partial charge in [-0.2, -0.15) is 5.26 Å². The lowest BCUT2D eigenvalue weighted by Crippen LogP contribution is -2.30. The molecule has 1 aromatic carbocycles. The lowest BCUT2D eigenvalue weighted by atomic mass is 9.99. The number of nitrogens with one attached hydrogen (secondary N) is 2. The van der Waals surface area contributed by atoms with Crippen LogP contribution in [0.25, 0.3) is 0 Å². The second-order valence-corrected chi connectivity index (χ2v) is 6.89. The second-order valence-electron chi connectivity index (χ2n) is 6.89. The molecular formula is C22H23N3O5. The molecule has 8 nitrogen and oxygen atoms in total. The van der Waals surface area contributed by atoms with Gasteiger partial charge >= 0.3 is 5.97 Å². The van der Waals surface area contributed by atoms with Crippen LogP contribution in [0.15, 0.2) is 29.1 Å². The minimum absolute atomic E-state index is 0.0147. The first kappa shape index (κ1) is 22.6. The van der Waals surface area contributed by atoms with Crippen molar-refractivity contribution in [3.63, 3.8) is 0 Å². The van der Waals surface area contributed by atoms with Gasteiger partial charge in [0, 0.05) is 17.7 Å². The maximum Gasteiger partial charge on any atom is 0.306 e. The van der Waals surface area contributed by atoms with Gasteiger partial charge in [-0.05, 0) is 57.4 Å². The number of aromatic nitrogens is 1. The first-order chi connectivity index (χ1) is 14.1. The van der Waals surface area contributed by atoms with E-state index < -0.39 is 23.5 Å². The summed E-state index contributed by atoms with van der Waals surface area (Å²) in [4.78, 5) is 50.6. The summed E-state index contributed by atoms with van der Waals surface area (Å²) in [5.74, 6) is -1.35. The summed E-state index contributed by atoms with van der Waals surface area (Å²) in [5.41, 5.74) is 2.06. The fourth-order valence-corrected chi connectivity index (χ4v) is 3.09. The number of aromatic amines is 1. The van der Waals surface area contributed by atoms with Crippen molar-refractivity contribution in [2.45, 2.75) is 46.6 Å². The van der Waals surface area contributed by atoms with Crippen molar-refractivity contribution in [2.75, 3.05) is 5.32 Å². The lowest BCUT2D eigenvalue weighted by molar-refractivity contribution is -0.153. The van der Waals surface area contributed by atoms with Crippen molar-refractivity contribution < 1.29 is 19.1 Å². The molecule has 30 heavy (non-hydrogen) atoms. The number of ether oxygens (including phenoxy) is 1. The molecule has 1 aromatic heterocycles. The van der Waals surface area contributed by atoms with E-state index in [1.54, 1.807) is 38.1 Å². The Kier molecular flexibility index (Phi) is 7.26. The molecule has 156 valence electrons. The molecule has 0 unspecified atom stereocenters. The molecule has 2 rings (SSSR count). The van der Waals surface area contributed by atoms with Gasteiger partial charge in [0.15, 0.2) is 11.9 Å². The Morgan fingerprint density at radius 3 is 2.53 bits per heavy atom. The van der Waals surface area contributed by atoms with E-state index in [-0.39, 0.29) is 24.2 Å². The maximum absolute atomic E-state index is 12.4.